The van der Waals surface area contributed by atoms with Crippen molar-refractivity contribution < 1.29 is 23.9 Å². The fourth-order valence-electron chi connectivity index (χ4n) is 2.81. The molecule has 0 heterocycles. The van der Waals surface area contributed by atoms with Crippen LogP contribution in [-0.2, 0) is 4.79 Å². The van der Waals surface area contributed by atoms with Crippen molar-refractivity contribution in [3.8, 4) is 11.5 Å². The molecule has 3 aromatic rings. The topological polar surface area (TPSA) is 106 Å². The van der Waals surface area contributed by atoms with E-state index in [0.29, 0.717) is 39.1 Å². The van der Waals surface area contributed by atoms with Crippen LogP contribution in [0.25, 0.3) is 0 Å². The van der Waals surface area contributed by atoms with Gasteiger partial charge in [-0.15, -0.1) is 0 Å². The van der Waals surface area contributed by atoms with Gasteiger partial charge in [-0.2, -0.15) is 5.10 Å². The van der Waals surface area contributed by atoms with E-state index < -0.39 is 17.8 Å². The van der Waals surface area contributed by atoms with Crippen molar-refractivity contribution in [2.75, 3.05) is 13.2 Å². The summed E-state index contributed by atoms with van der Waals surface area (Å²) in [5.74, 6) is -0.946. The molecule has 0 aromatic heterocycles. The molecular formula is C25H21Cl2N3O5. The summed E-state index contributed by atoms with van der Waals surface area (Å²) in [5, 5.41) is 7.29. The van der Waals surface area contributed by atoms with Crippen LogP contribution in [0.3, 0.4) is 0 Å². The van der Waals surface area contributed by atoms with E-state index in [2.05, 4.69) is 15.8 Å². The van der Waals surface area contributed by atoms with Gasteiger partial charge in [-0.3, -0.25) is 9.59 Å². The van der Waals surface area contributed by atoms with E-state index in [1.54, 1.807) is 67.6 Å². The fraction of sp³-hybridized carbons (Fsp3) is 0.120. The number of nitrogens with zero attached hydrogens (tertiary/aromatic N) is 1. The molecule has 0 spiro atoms. The molecule has 35 heavy (non-hydrogen) atoms. The monoisotopic (exact) mass is 513 g/mol. The third-order valence-corrected chi connectivity index (χ3v) is 4.94. The van der Waals surface area contributed by atoms with Crippen LogP contribution < -0.4 is 20.2 Å². The predicted octanol–water partition coefficient (Wildman–Crippen LogP) is 4.49. The van der Waals surface area contributed by atoms with Crippen molar-refractivity contribution in [2.45, 2.75) is 6.92 Å². The van der Waals surface area contributed by atoms with Crippen molar-refractivity contribution in [2.24, 2.45) is 5.10 Å². The van der Waals surface area contributed by atoms with Gasteiger partial charge in [0.1, 0.15) is 0 Å². The molecule has 10 heteroatoms. The highest BCUT2D eigenvalue weighted by molar-refractivity contribution is 6.31. The van der Waals surface area contributed by atoms with Gasteiger partial charge in [0.15, 0.2) is 11.5 Å². The Balaban J connectivity index is 1.57. The molecular weight excluding hydrogens is 493 g/mol. The number of halogens is 2. The van der Waals surface area contributed by atoms with E-state index in [9.17, 15) is 14.4 Å². The Morgan fingerprint density at radius 3 is 2.40 bits per heavy atom. The molecule has 0 saturated heterocycles. The third-order valence-electron chi connectivity index (χ3n) is 4.45. The minimum Gasteiger partial charge on any atom is -0.490 e. The fourth-order valence-corrected chi connectivity index (χ4v) is 3.13. The second kappa shape index (κ2) is 12.5. The first-order valence-corrected chi connectivity index (χ1v) is 11.2. The lowest BCUT2D eigenvalue weighted by molar-refractivity contribution is -0.120. The Labute approximate surface area is 211 Å². The summed E-state index contributed by atoms with van der Waals surface area (Å²) in [4.78, 5) is 36.4. The number of benzene rings is 3. The molecule has 0 bridgehead atoms. The first-order chi connectivity index (χ1) is 16.9. The zero-order valence-corrected chi connectivity index (χ0v) is 20.1. The lowest BCUT2D eigenvalue weighted by atomic mass is 10.2. The average Bonchev–Trinajstić information content (AvgIpc) is 2.84. The quantitative estimate of drug-likeness (QED) is 0.190. The number of esters is 1. The van der Waals surface area contributed by atoms with Crippen molar-refractivity contribution in [1.29, 1.82) is 0 Å². The highest BCUT2D eigenvalue weighted by Gasteiger charge is 2.13. The number of hydrogen-bond acceptors (Lipinski definition) is 6. The largest absolute Gasteiger partial charge is 0.490 e. The lowest BCUT2D eigenvalue weighted by Crippen LogP contribution is -2.34. The summed E-state index contributed by atoms with van der Waals surface area (Å²) in [6, 6.07) is 17.5. The van der Waals surface area contributed by atoms with Crippen molar-refractivity contribution >= 4 is 47.2 Å². The van der Waals surface area contributed by atoms with Crippen LogP contribution in [-0.4, -0.2) is 37.1 Å². The summed E-state index contributed by atoms with van der Waals surface area (Å²) in [6.07, 6.45) is 1.39. The number of amides is 2. The molecule has 3 aromatic carbocycles. The maximum absolute atomic E-state index is 12.4. The molecule has 0 aliphatic carbocycles. The van der Waals surface area contributed by atoms with Crippen LogP contribution in [0.15, 0.2) is 71.8 Å². The Morgan fingerprint density at radius 1 is 0.914 bits per heavy atom. The normalized spacial score (nSPS) is 10.6. The number of hydrazone groups is 1. The molecule has 8 nitrogen and oxygen atoms in total. The Bertz CT molecular complexity index is 1250. The van der Waals surface area contributed by atoms with Crippen LogP contribution >= 0.6 is 23.2 Å². The Hall–Kier alpha value is -3.88. The molecule has 0 fully saturated rings. The maximum atomic E-state index is 12.4. The van der Waals surface area contributed by atoms with Gasteiger partial charge in [-0.25, -0.2) is 10.2 Å². The summed E-state index contributed by atoms with van der Waals surface area (Å²) >= 11 is 11.7. The number of rotatable bonds is 9. The van der Waals surface area contributed by atoms with Crippen LogP contribution in [0.5, 0.6) is 11.5 Å². The first-order valence-electron chi connectivity index (χ1n) is 10.5. The van der Waals surface area contributed by atoms with Gasteiger partial charge in [0.05, 0.1) is 24.9 Å². The third kappa shape index (κ3) is 7.84. The van der Waals surface area contributed by atoms with E-state index in [1.165, 1.54) is 12.3 Å². The highest BCUT2D eigenvalue weighted by Crippen LogP contribution is 2.29. The number of hydrogen-bond donors (Lipinski definition) is 2. The molecule has 0 atom stereocenters. The molecule has 0 unspecified atom stereocenters. The van der Waals surface area contributed by atoms with Crippen LogP contribution in [0.4, 0.5) is 0 Å². The summed E-state index contributed by atoms with van der Waals surface area (Å²) in [5.41, 5.74) is 3.59. The summed E-state index contributed by atoms with van der Waals surface area (Å²) in [6.45, 7) is 1.87. The zero-order valence-electron chi connectivity index (χ0n) is 18.6. The van der Waals surface area contributed by atoms with Gasteiger partial charge in [-0.1, -0.05) is 29.3 Å². The zero-order chi connectivity index (χ0) is 25.2. The van der Waals surface area contributed by atoms with Gasteiger partial charge < -0.3 is 14.8 Å². The Morgan fingerprint density at radius 2 is 1.69 bits per heavy atom. The highest BCUT2D eigenvalue weighted by atomic mass is 35.5. The second-order valence-electron chi connectivity index (χ2n) is 7.02. The lowest BCUT2D eigenvalue weighted by Gasteiger charge is -2.11. The van der Waals surface area contributed by atoms with Crippen molar-refractivity contribution in [1.82, 2.24) is 10.7 Å². The van der Waals surface area contributed by atoms with Crippen molar-refractivity contribution in [3.63, 3.8) is 0 Å². The number of carbonyl (C=O) groups is 3. The van der Waals surface area contributed by atoms with Gasteiger partial charge in [0.25, 0.3) is 11.8 Å². The SMILES string of the molecule is CCOc1cc(/C=N\NC(=O)CNC(=O)c2cccc(Cl)c2)ccc1OC(=O)c1ccc(Cl)cc1. The number of nitrogens with one attached hydrogen (secondary N) is 2. The molecule has 0 aliphatic heterocycles. The minimum atomic E-state index is -0.559. The first kappa shape index (κ1) is 25.7. The van der Waals surface area contributed by atoms with E-state index in [-0.39, 0.29) is 12.3 Å². The average molecular weight is 514 g/mol. The van der Waals surface area contributed by atoms with E-state index in [4.69, 9.17) is 32.7 Å². The molecule has 0 aliphatic rings. The predicted molar refractivity (Wildman–Crippen MR) is 134 cm³/mol. The molecule has 180 valence electrons. The molecule has 3 rings (SSSR count). The smallest absolute Gasteiger partial charge is 0.343 e. The van der Waals surface area contributed by atoms with E-state index in [1.807, 2.05) is 0 Å². The van der Waals surface area contributed by atoms with Gasteiger partial charge in [0, 0.05) is 15.6 Å². The molecule has 2 N–H and O–H groups in total. The van der Waals surface area contributed by atoms with Crippen LogP contribution in [0.1, 0.15) is 33.2 Å². The standard InChI is InChI=1S/C25H21Cl2N3O5/c1-2-34-22-12-16(6-11-21(22)35-25(33)17-7-9-19(26)10-8-17)14-29-30-23(31)15-28-24(32)18-4-3-5-20(27)13-18/h3-14H,2,15H2,1H3,(H,28,32)(H,30,31)/b29-14-. The van der Waals surface area contributed by atoms with E-state index >= 15 is 0 Å². The Kier molecular flexibility index (Phi) is 9.23. The van der Waals surface area contributed by atoms with Crippen LogP contribution in [0.2, 0.25) is 10.0 Å². The second-order valence-corrected chi connectivity index (χ2v) is 7.89. The summed E-state index contributed by atoms with van der Waals surface area (Å²) in [7, 11) is 0. The van der Waals surface area contributed by atoms with Crippen LogP contribution in [0, 0.1) is 0 Å². The van der Waals surface area contributed by atoms with Gasteiger partial charge >= 0.3 is 5.97 Å². The van der Waals surface area contributed by atoms with E-state index in [0.717, 1.165) is 0 Å². The molecule has 2 amide bonds. The summed E-state index contributed by atoms with van der Waals surface area (Å²) < 4.78 is 11.0. The minimum absolute atomic E-state index is 0.233. The number of ether oxygens (including phenoxy) is 2. The number of carbonyl (C=O) groups excluding carboxylic acids is 3. The van der Waals surface area contributed by atoms with Gasteiger partial charge in [0.2, 0.25) is 0 Å². The molecule has 0 saturated carbocycles. The van der Waals surface area contributed by atoms with Crippen molar-refractivity contribution in [3.05, 3.63) is 93.5 Å². The van der Waals surface area contributed by atoms with Gasteiger partial charge in [-0.05, 0) is 73.2 Å². The maximum Gasteiger partial charge on any atom is 0.343 e. The molecule has 0 radical (unpaired) electrons.